The van der Waals surface area contributed by atoms with Crippen LogP contribution in [-0.2, 0) is 0 Å². The third kappa shape index (κ3) is 2.63. The number of urea groups is 1. The normalized spacial score (nSPS) is 16.8. The summed E-state index contributed by atoms with van der Waals surface area (Å²) in [6.45, 7) is 5.49. The molecule has 1 saturated heterocycles. The summed E-state index contributed by atoms with van der Waals surface area (Å²) in [4.78, 5) is 14.6. The molecule has 2 amide bonds. The van der Waals surface area contributed by atoms with Crippen molar-refractivity contribution in [3.8, 4) is 0 Å². The number of aliphatic hydroxyl groups excluding tert-OH is 1. The first kappa shape index (κ1) is 10.4. The summed E-state index contributed by atoms with van der Waals surface area (Å²) < 4.78 is 0. The summed E-state index contributed by atoms with van der Waals surface area (Å²) in [6.07, 6.45) is 0. The van der Waals surface area contributed by atoms with Crippen LogP contribution >= 0.6 is 11.8 Å². The zero-order valence-electron chi connectivity index (χ0n) is 7.48. The van der Waals surface area contributed by atoms with Gasteiger partial charge in [-0.15, -0.1) is 11.8 Å². The first-order valence-corrected chi connectivity index (χ1v) is 5.21. The SMILES string of the molecule is C=CSCCN1CCN(CO)C1=O. The second-order valence-electron chi connectivity index (χ2n) is 2.71. The Morgan fingerprint density at radius 3 is 2.77 bits per heavy atom. The van der Waals surface area contributed by atoms with Crippen molar-refractivity contribution in [2.75, 3.05) is 32.1 Å². The van der Waals surface area contributed by atoms with Crippen molar-refractivity contribution in [2.45, 2.75) is 0 Å². The number of carbonyl (C=O) groups excluding carboxylic acids is 1. The van der Waals surface area contributed by atoms with E-state index in [1.807, 2.05) is 0 Å². The minimum atomic E-state index is -0.177. The number of rotatable bonds is 5. The molecule has 1 heterocycles. The standard InChI is InChI=1S/C8H14N2O2S/c1-2-13-6-5-9-3-4-10(7-11)8(9)12/h2,11H,1,3-7H2. The number of amides is 2. The predicted molar refractivity (Wildman–Crippen MR) is 53.4 cm³/mol. The minimum absolute atomic E-state index is 0.0628. The van der Waals surface area contributed by atoms with Gasteiger partial charge in [0, 0.05) is 25.4 Å². The molecule has 1 N–H and O–H groups in total. The van der Waals surface area contributed by atoms with Crippen molar-refractivity contribution < 1.29 is 9.90 Å². The number of aliphatic hydroxyl groups is 1. The van der Waals surface area contributed by atoms with Crippen LogP contribution in [0.1, 0.15) is 0 Å². The maximum absolute atomic E-state index is 11.4. The Kier molecular flexibility index (Phi) is 4.11. The molecule has 0 aromatic heterocycles. The molecule has 5 heteroatoms. The van der Waals surface area contributed by atoms with Gasteiger partial charge >= 0.3 is 6.03 Å². The first-order valence-electron chi connectivity index (χ1n) is 4.17. The number of thioether (sulfide) groups is 1. The quantitative estimate of drug-likeness (QED) is 0.662. The summed E-state index contributed by atoms with van der Waals surface area (Å²) in [6, 6.07) is -0.0628. The molecule has 1 aliphatic heterocycles. The molecule has 1 rings (SSSR count). The molecule has 74 valence electrons. The summed E-state index contributed by atoms with van der Waals surface area (Å²) in [5, 5.41) is 10.6. The molecule has 1 aliphatic rings. The molecule has 0 aromatic rings. The van der Waals surface area contributed by atoms with E-state index >= 15 is 0 Å². The Morgan fingerprint density at radius 1 is 1.54 bits per heavy atom. The van der Waals surface area contributed by atoms with Gasteiger partial charge in [0.1, 0.15) is 6.73 Å². The van der Waals surface area contributed by atoms with E-state index in [1.54, 1.807) is 22.1 Å². The van der Waals surface area contributed by atoms with Gasteiger partial charge in [-0.2, -0.15) is 0 Å². The van der Waals surface area contributed by atoms with Crippen molar-refractivity contribution in [1.29, 1.82) is 0 Å². The highest BCUT2D eigenvalue weighted by Gasteiger charge is 2.26. The van der Waals surface area contributed by atoms with Crippen LogP contribution in [0.5, 0.6) is 0 Å². The van der Waals surface area contributed by atoms with Crippen molar-refractivity contribution in [1.82, 2.24) is 9.80 Å². The van der Waals surface area contributed by atoms with Crippen LogP contribution in [0.4, 0.5) is 4.79 Å². The summed E-state index contributed by atoms with van der Waals surface area (Å²) in [5.41, 5.74) is 0. The molecule has 0 aromatic carbocycles. The fourth-order valence-corrected chi connectivity index (χ4v) is 1.71. The third-order valence-corrected chi connectivity index (χ3v) is 2.60. The molecule has 4 nitrogen and oxygen atoms in total. The fraction of sp³-hybridized carbons (Fsp3) is 0.625. The second-order valence-corrected chi connectivity index (χ2v) is 3.79. The number of carbonyl (C=O) groups is 1. The Labute approximate surface area is 82.2 Å². The lowest BCUT2D eigenvalue weighted by molar-refractivity contribution is 0.134. The molecule has 0 bridgehead atoms. The van der Waals surface area contributed by atoms with Crippen molar-refractivity contribution in [3.63, 3.8) is 0 Å². The van der Waals surface area contributed by atoms with E-state index in [4.69, 9.17) is 5.11 Å². The van der Waals surface area contributed by atoms with Gasteiger partial charge < -0.3 is 10.0 Å². The molecule has 13 heavy (non-hydrogen) atoms. The molecule has 1 fully saturated rings. The minimum Gasteiger partial charge on any atom is -0.376 e. The van der Waals surface area contributed by atoms with Crippen LogP contribution in [0.25, 0.3) is 0 Å². The highest BCUT2D eigenvalue weighted by molar-refractivity contribution is 8.02. The summed E-state index contributed by atoms with van der Waals surface area (Å²) in [5.74, 6) is 0.870. The second kappa shape index (κ2) is 5.14. The van der Waals surface area contributed by atoms with E-state index in [0.717, 1.165) is 18.8 Å². The zero-order chi connectivity index (χ0) is 9.68. The van der Waals surface area contributed by atoms with E-state index in [9.17, 15) is 4.79 Å². The van der Waals surface area contributed by atoms with E-state index in [-0.39, 0.29) is 12.8 Å². The van der Waals surface area contributed by atoms with Gasteiger partial charge in [-0.3, -0.25) is 4.90 Å². The average Bonchev–Trinajstić information content (AvgIpc) is 2.48. The molecule has 0 spiro atoms. The number of hydrogen-bond acceptors (Lipinski definition) is 3. The van der Waals surface area contributed by atoms with Gasteiger partial charge in [-0.1, -0.05) is 6.58 Å². The highest BCUT2D eigenvalue weighted by atomic mass is 32.2. The van der Waals surface area contributed by atoms with Crippen LogP contribution in [-0.4, -0.2) is 53.1 Å². The van der Waals surface area contributed by atoms with Crippen molar-refractivity contribution in [2.24, 2.45) is 0 Å². The largest absolute Gasteiger partial charge is 0.376 e. The Balaban J connectivity index is 2.28. The molecular weight excluding hydrogens is 188 g/mol. The Morgan fingerprint density at radius 2 is 2.23 bits per heavy atom. The van der Waals surface area contributed by atoms with Gasteiger partial charge in [-0.05, 0) is 5.41 Å². The lowest BCUT2D eigenvalue weighted by Gasteiger charge is -2.15. The summed E-state index contributed by atoms with van der Waals surface area (Å²) >= 11 is 1.59. The number of hydrogen-bond donors (Lipinski definition) is 1. The van der Waals surface area contributed by atoms with Crippen molar-refractivity contribution in [3.05, 3.63) is 12.0 Å². The van der Waals surface area contributed by atoms with Crippen LogP contribution < -0.4 is 0 Å². The maximum Gasteiger partial charge on any atom is 0.321 e. The van der Waals surface area contributed by atoms with Crippen LogP contribution in [0.3, 0.4) is 0 Å². The molecule has 0 unspecified atom stereocenters. The molecule has 0 radical (unpaired) electrons. The lowest BCUT2D eigenvalue weighted by atomic mass is 10.6. The predicted octanol–water partition coefficient (Wildman–Crippen LogP) is 0.550. The van der Waals surface area contributed by atoms with E-state index in [2.05, 4.69) is 6.58 Å². The molecule has 0 saturated carbocycles. The van der Waals surface area contributed by atoms with Gasteiger partial charge in [0.05, 0.1) is 0 Å². The topological polar surface area (TPSA) is 43.8 Å². The molecule has 0 atom stereocenters. The van der Waals surface area contributed by atoms with Crippen LogP contribution in [0.15, 0.2) is 12.0 Å². The van der Waals surface area contributed by atoms with Crippen LogP contribution in [0, 0.1) is 0 Å². The fourth-order valence-electron chi connectivity index (χ4n) is 1.22. The smallest absolute Gasteiger partial charge is 0.321 e. The lowest BCUT2D eigenvalue weighted by Crippen LogP contribution is -2.33. The Hall–Kier alpha value is -0.680. The van der Waals surface area contributed by atoms with Crippen LogP contribution in [0.2, 0.25) is 0 Å². The van der Waals surface area contributed by atoms with E-state index in [1.165, 1.54) is 4.90 Å². The van der Waals surface area contributed by atoms with Gasteiger partial charge in [-0.25, -0.2) is 4.79 Å². The van der Waals surface area contributed by atoms with Gasteiger partial charge in [0.2, 0.25) is 0 Å². The van der Waals surface area contributed by atoms with Crippen molar-refractivity contribution >= 4 is 17.8 Å². The van der Waals surface area contributed by atoms with Gasteiger partial charge in [0.15, 0.2) is 0 Å². The third-order valence-electron chi connectivity index (χ3n) is 1.95. The Bertz CT molecular complexity index is 199. The van der Waals surface area contributed by atoms with E-state index in [0.29, 0.717) is 6.54 Å². The monoisotopic (exact) mass is 202 g/mol. The first-order chi connectivity index (χ1) is 6.29. The highest BCUT2D eigenvalue weighted by Crippen LogP contribution is 2.09. The molecule has 0 aliphatic carbocycles. The van der Waals surface area contributed by atoms with E-state index < -0.39 is 0 Å². The van der Waals surface area contributed by atoms with Gasteiger partial charge in [0.25, 0.3) is 0 Å². The maximum atomic E-state index is 11.4. The zero-order valence-corrected chi connectivity index (χ0v) is 8.29. The summed E-state index contributed by atoms with van der Waals surface area (Å²) in [7, 11) is 0. The average molecular weight is 202 g/mol. The molecular formula is C8H14N2O2S. The number of nitrogens with zero attached hydrogens (tertiary/aromatic N) is 2.